The average Bonchev–Trinajstić information content (AvgIpc) is 3.15. The van der Waals surface area contributed by atoms with Crippen LogP contribution in [0.5, 0.6) is 0 Å². The fraction of sp³-hybridized carbons (Fsp3) is 0.484. The van der Waals surface area contributed by atoms with Crippen molar-refractivity contribution in [2.45, 2.75) is 71.8 Å². The van der Waals surface area contributed by atoms with Crippen LogP contribution in [0, 0.1) is 0 Å². The average molecular weight is 570 g/mol. The summed E-state index contributed by atoms with van der Waals surface area (Å²) in [6.45, 7) is 12.1. The predicted molar refractivity (Wildman–Crippen MR) is 155 cm³/mol. The van der Waals surface area contributed by atoms with Gasteiger partial charge in [-0.25, -0.2) is 0 Å². The molecule has 0 radical (unpaired) electrons. The maximum absolute atomic E-state index is 13.3. The second kappa shape index (κ2) is 13.9. The van der Waals surface area contributed by atoms with Gasteiger partial charge < -0.3 is 14.9 Å². The van der Waals surface area contributed by atoms with Crippen molar-refractivity contribution < 1.29 is 14.7 Å². The predicted octanol–water partition coefficient (Wildman–Crippen LogP) is 7.29. The van der Waals surface area contributed by atoms with Crippen LogP contribution in [0.3, 0.4) is 0 Å². The molecule has 3 rings (SSSR count). The van der Waals surface area contributed by atoms with Gasteiger partial charge in [-0.15, -0.1) is 0 Å². The number of hydrogen-bond donors (Lipinski definition) is 1. The van der Waals surface area contributed by atoms with E-state index in [9.17, 15) is 14.7 Å². The molecule has 0 spiro atoms. The number of benzene rings is 2. The Balaban J connectivity index is 1.93. The number of halogens is 1. The molecule has 2 aromatic rings. The van der Waals surface area contributed by atoms with Gasteiger partial charge in [0, 0.05) is 16.6 Å². The number of aliphatic hydroxyl groups excluding tert-OH is 1. The van der Waals surface area contributed by atoms with E-state index in [1.165, 1.54) is 5.56 Å². The topological polar surface area (TPSA) is 60.9 Å². The first-order valence-corrected chi connectivity index (χ1v) is 14.4. The Hall–Kier alpha value is -2.44. The summed E-state index contributed by atoms with van der Waals surface area (Å²) in [7, 11) is 0. The highest BCUT2D eigenvalue weighted by atomic mass is 79.9. The maximum atomic E-state index is 13.3. The fourth-order valence-corrected chi connectivity index (χ4v) is 5.11. The smallest absolute Gasteiger partial charge is 0.295 e. The molecule has 5 nitrogen and oxygen atoms in total. The third kappa shape index (κ3) is 7.32. The van der Waals surface area contributed by atoms with Crippen molar-refractivity contribution in [3.05, 3.63) is 75.3 Å². The van der Waals surface area contributed by atoms with Crippen LogP contribution >= 0.6 is 15.9 Å². The van der Waals surface area contributed by atoms with Crippen LogP contribution in [-0.4, -0.2) is 52.8 Å². The molecule has 1 heterocycles. The van der Waals surface area contributed by atoms with Gasteiger partial charge in [-0.05, 0) is 68.1 Å². The number of carbonyl (C=O) groups excluding carboxylic acids is 2. The number of ketones is 1. The van der Waals surface area contributed by atoms with E-state index >= 15 is 0 Å². The first kappa shape index (κ1) is 29.1. The number of likely N-dealkylation sites (tertiary alicyclic amines) is 1. The summed E-state index contributed by atoms with van der Waals surface area (Å²) >= 11 is 3.42. The number of amides is 1. The molecule has 0 aliphatic carbocycles. The lowest BCUT2D eigenvalue weighted by molar-refractivity contribution is -0.140. The minimum absolute atomic E-state index is 0.126. The monoisotopic (exact) mass is 568 g/mol. The zero-order chi connectivity index (χ0) is 26.9. The molecule has 1 saturated heterocycles. The Morgan fingerprint density at radius 3 is 2.03 bits per heavy atom. The molecule has 2 aromatic carbocycles. The summed E-state index contributed by atoms with van der Waals surface area (Å²) in [5.41, 5.74) is 2.72. The van der Waals surface area contributed by atoms with Crippen LogP contribution in [0.4, 0.5) is 0 Å². The van der Waals surface area contributed by atoms with E-state index in [2.05, 4.69) is 60.7 Å². The van der Waals surface area contributed by atoms with Crippen molar-refractivity contribution in [2.75, 3.05) is 26.2 Å². The largest absolute Gasteiger partial charge is 0.507 e. The molecule has 0 saturated carbocycles. The molecule has 1 fully saturated rings. The quantitative estimate of drug-likeness (QED) is 0.156. The van der Waals surface area contributed by atoms with E-state index < -0.39 is 17.7 Å². The Bertz CT molecular complexity index is 1070. The third-order valence-electron chi connectivity index (χ3n) is 7.11. The Labute approximate surface area is 230 Å². The second-order valence-electron chi connectivity index (χ2n) is 10.2. The van der Waals surface area contributed by atoms with Gasteiger partial charge in [0.05, 0.1) is 11.6 Å². The van der Waals surface area contributed by atoms with Crippen molar-refractivity contribution in [3.8, 4) is 0 Å². The molecule has 200 valence electrons. The summed E-state index contributed by atoms with van der Waals surface area (Å²) in [4.78, 5) is 30.7. The van der Waals surface area contributed by atoms with Crippen LogP contribution in [0.15, 0.2) is 58.6 Å². The highest BCUT2D eigenvalue weighted by molar-refractivity contribution is 9.10. The Morgan fingerprint density at radius 2 is 1.49 bits per heavy atom. The SMILES string of the molecule is CCCCN(CCCC)CCCN1C(=O)C(=O)C(=C(O)c2ccc(Br)cc2)[C@@H]1c1ccc(C(C)C)cc1. The molecular formula is C31H41BrN2O3. The summed E-state index contributed by atoms with van der Waals surface area (Å²) < 4.78 is 0.876. The number of carbonyl (C=O) groups is 2. The van der Waals surface area contributed by atoms with Crippen LogP contribution in [0.25, 0.3) is 5.76 Å². The number of nitrogens with zero attached hydrogens (tertiary/aromatic N) is 2. The first-order valence-electron chi connectivity index (χ1n) is 13.6. The molecule has 0 bridgehead atoms. The van der Waals surface area contributed by atoms with E-state index in [0.29, 0.717) is 18.0 Å². The van der Waals surface area contributed by atoms with Crippen molar-refractivity contribution in [1.82, 2.24) is 9.80 Å². The number of unbranched alkanes of at least 4 members (excludes halogenated alkanes) is 2. The summed E-state index contributed by atoms with van der Waals surface area (Å²) in [6.07, 6.45) is 5.39. The molecular weight excluding hydrogens is 528 g/mol. The molecule has 0 unspecified atom stereocenters. The standard InChI is InChI=1S/C31H41BrN2O3/c1-5-7-18-33(19-8-6-2)20-9-21-34-28(24-12-10-23(11-13-24)22(3)4)27(30(36)31(34)37)29(35)25-14-16-26(32)17-15-25/h10-17,22,28,35H,5-9,18-21H2,1-4H3/t28-/m0/s1. The molecule has 37 heavy (non-hydrogen) atoms. The normalized spacial score (nSPS) is 17.4. The van der Waals surface area contributed by atoms with Gasteiger partial charge >= 0.3 is 0 Å². The summed E-state index contributed by atoms with van der Waals surface area (Å²) in [5.74, 6) is -0.906. The molecule has 1 amide bonds. The zero-order valence-corrected chi connectivity index (χ0v) is 24.3. The number of Topliss-reactive ketones (excluding diaryl/α,β-unsaturated/α-hetero) is 1. The van der Waals surface area contributed by atoms with Crippen molar-refractivity contribution in [2.24, 2.45) is 0 Å². The van der Waals surface area contributed by atoms with Crippen LogP contribution < -0.4 is 0 Å². The highest BCUT2D eigenvalue weighted by Gasteiger charge is 2.45. The second-order valence-corrected chi connectivity index (χ2v) is 11.1. The molecule has 1 N–H and O–H groups in total. The van der Waals surface area contributed by atoms with Crippen molar-refractivity contribution >= 4 is 33.4 Å². The maximum Gasteiger partial charge on any atom is 0.295 e. The zero-order valence-electron chi connectivity index (χ0n) is 22.7. The van der Waals surface area contributed by atoms with Crippen LogP contribution in [0.2, 0.25) is 0 Å². The minimum Gasteiger partial charge on any atom is -0.507 e. The summed E-state index contributed by atoms with van der Waals surface area (Å²) in [5, 5.41) is 11.3. The van der Waals surface area contributed by atoms with Gasteiger partial charge in [-0.3, -0.25) is 9.59 Å². The lowest BCUT2D eigenvalue weighted by Gasteiger charge is -2.27. The molecule has 1 atom stereocenters. The van der Waals surface area contributed by atoms with E-state index in [-0.39, 0.29) is 11.3 Å². The fourth-order valence-electron chi connectivity index (χ4n) is 4.85. The Kier molecular flexibility index (Phi) is 11.0. The Morgan fingerprint density at radius 1 is 0.919 bits per heavy atom. The van der Waals surface area contributed by atoms with Gasteiger partial charge in [0.25, 0.3) is 11.7 Å². The molecule has 0 aromatic heterocycles. The lowest BCUT2D eigenvalue weighted by atomic mass is 9.93. The molecule has 1 aliphatic heterocycles. The summed E-state index contributed by atoms with van der Waals surface area (Å²) in [6, 6.07) is 14.6. The van der Waals surface area contributed by atoms with Crippen molar-refractivity contribution in [1.29, 1.82) is 0 Å². The van der Waals surface area contributed by atoms with E-state index in [1.54, 1.807) is 17.0 Å². The van der Waals surface area contributed by atoms with Gasteiger partial charge in [0.15, 0.2) is 0 Å². The minimum atomic E-state index is -0.618. The lowest BCUT2D eigenvalue weighted by Crippen LogP contribution is -2.34. The molecule has 1 aliphatic rings. The first-order chi connectivity index (χ1) is 17.8. The number of hydrogen-bond acceptors (Lipinski definition) is 4. The van der Waals surface area contributed by atoms with E-state index in [0.717, 1.165) is 61.8 Å². The van der Waals surface area contributed by atoms with Crippen LogP contribution in [0.1, 0.15) is 88.4 Å². The van der Waals surface area contributed by atoms with Gasteiger partial charge in [-0.2, -0.15) is 0 Å². The third-order valence-corrected chi connectivity index (χ3v) is 7.63. The molecule has 6 heteroatoms. The van der Waals surface area contributed by atoms with E-state index in [4.69, 9.17) is 0 Å². The van der Waals surface area contributed by atoms with E-state index in [1.807, 2.05) is 24.3 Å². The van der Waals surface area contributed by atoms with Gasteiger partial charge in [-0.1, -0.05) is 92.9 Å². The number of aliphatic hydroxyl groups is 1. The highest BCUT2D eigenvalue weighted by Crippen LogP contribution is 2.40. The van der Waals surface area contributed by atoms with Gasteiger partial charge in [0.1, 0.15) is 5.76 Å². The van der Waals surface area contributed by atoms with Crippen molar-refractivity contribution in [3.63, 3.8) is 0 Å². The van der Waals surface area contributed by atoms with Gasteiger partial charge in [0.2, 0.25) is 0 Å². The van der Waals surface area contributed by atoms with Crippen LogP contribution in [-0.2, 0) is 9.59 Å². The number of rotatable bonds is 13.